The van der Waals surface area contributed by atoms with Crippen molar-refractivity contribution in [2.24, 2.45) is 5.41 Å². The molecule has 0 atom stereocenters. The van der Waals surface area contributed by atoms with Crippen LogP contribution in [0.5, 0.6) is 0 Å². The predicted molar refractivity (Wildman–Crippen MR) is 78.1 cm³/mol. The number of rotatable bonds is 5. The van der Waals surface area contributed by atoms with E-state index in [0.29, 0.717) is 17.9 Å². The van der Waals surface area contributed by atoms with Crippen molar-refractivity contribution < 1.29 is 18.7 Å². The lowest BCUT2D eigenvalue weighted by atomic mass is 9.76. The van der Waals surface area contributed by atoms with Crippen LogP contribution in [0.2, 0.25) is 10.0 Å². The second-order valence-corrected chi connectivity index (χ2v) is 6.63. The van der Waals surface area contributed by atoms with Gasteiger partial charge in [0.2, 0.25) is 0 Å². The van der Waals surface area contributed by atoms with Crippen LogP contribution < -0.4 is 0 Å². The van der Waals surface area contributed by atoms with Crippen molar-refractivity contribution in [1.82, 2.24) is 0 Å². The third kappa shape index (κ3) is 3.86. The van der Waals surface area contributed by atoms with Crippen molar-refractivity contribution in [3.63, 3.8) is 0 Å². The van der Waals surface area contributed by atoms with E-state index in [1.54, 1.807) is 0 Å². The van der Waals surface area contributed by atoms with Gasteiger partial charge in [0.25, 0.3) is 5.92 Å². The van der Waals surface area contributed by atoms with E-state index in [0.717, 1.165) is 12.8 Å². The molecule has 0 amide bonds. The zero-order valence-electron chi connectivity index (χ0n) is 11.3. The first-order valence-corrected chi connectivity index (χ1v) is 7.55. The Hall–Kier alpha value is -0.870. The predicted octanol–water partition coefficient (Wildman–Crippen LogP) is 5.51. The van der Waals surface area contributed by atoms with Crippen LogP contribution in [0.4, 0.5) is 8.78 Å². The van der Waals surface area contributed by atoms with Gasteiger partial charge in [0.05, 0.1) is 11.4 Å². The van der Waals surface area contributed by atoms with Gasteiger partial charge in [0.15, 0.2) is 0 Å². The monoisotopic (exact) mass is 336 g/mol. The normalized spacial score (nSPS) is 17.9. The van der Waals surface area contributed by atoms with Crippen LogP contribution in [0.15, 0.2) is 18.2 Å². The smallest absolute Gasteiger partial charge is 0.303 e. The number of carboxylic acid groups (broad SMARTS) is 1. The summed E-state index contributed by atoms with van der Waals surface area (Å²) < 4.78 is 29.2. The minimum absolute atomic E-state index is 0.0871. The van der Waals surface area contributed by atoms with Crippen molar-refractivity contribution in [2.75, 3.05) is 0 Å². The van der Waals surface area contributed by atoms with Gasteiger partial charge in [-0.15, -0.1) is 0 Å². The summed E-state index contributed by atoms with van der Waals surface area (Å²) >= 11 is 11.6. The quantitative estimate of drug-likeness (QED) is 0.769. The van der Waals surface area contributed by atoms with E-state index in [1.165, 1.54) is 18.2 Å². The Morgan fingerprint density at radius 3 is 2.43 bits per heavy atom. The Balaban J connectivity index is 2.27. The molecule has 0 radical (unpaired) electrons. The molecule has 0 aliphatic heterocycles. The van der Waals surface area contributed by atoms with Crippen molar-refractivity contribution in [2.45, 2.75) is 44.4 Å². The first kappa shape index (κ1) is 16.5. The first-order chi connectivity index (χ1) is 9.74. The zero-order valence-corrected chi connectivity index (χ0v) is 12.9. The molecule has 2 nitrogen and oxygen atoms in total. The Morgan fingerprint density at radius 1 is 1.29 bits per heavy atom. The summed E-state index contributed by atoms with van der Waals surface area (Å²) in [7, 11) is 0. The fraction of sp³-hybridized carbons (Fsp3) is 0.533. The molecule has 6 heteroatoms. The van der Waals surface area contributed by atoms with Gasteiger partial charge in [-0.25, -0.2) is 8.78 Å². The minimum Gasteiger partial charge on any atom is -0.481 e. The summed E-state index contributed by atoms with van der Waals surface area (Å²) in [5, 5.41) is 9.21. The van der Waals surface area contributed by atoms with E-state index < -0.39 is 23.7 Å². The molecular formula is C15H16Cl2F2O2. The van der Waals surface area contributed by atoms with Crippen molar-refractivity contribution in [3.05, 3.63) is 33.8 Å². The number of hydrogen-bond donors (Lipinski definition) is 1. The summed E-state index contributed by atoms with van der Waals surface area (Å²) in [5.41, 5.74) is -1.14. The van der Waals surface area contributed by atoms with Crippen LogP contribution in [-0.4, -0.2) is 11.1 Å². The second-order valence-electron chi connectivity index (χ2n) is 5.78. The summed E-state index contributed by atoms with van der Waals surface area (Å²) in [6.07, 6.45) is 1.89. The van der Waals surface area contributed by atoms with Crippen LogP contribution in [0.3, 0.4) is 0 Å². The van der Waals surface area contributed by atoms with Gasteiger partial charge in [-0.3, -0.25) is 4.79 Å². The highest BCUT2D eigenvalue weighted by Crippen LogP contribution is 2.51. The summed E-state index contributed by atoms with van der Waals surface area (Å²) in [6, 6.07) is 3.87. The molecule has 2 rings (SSSR count). The Kier molecular flexibility index (Phi) is 4.79. The number of alkyl halides is 2. The maximum absolute atomic E-state index is 14.6. The molecule has 0 bridgehead atoms. The van der Waals surface area contributed by atoms with E-state index in [-0.39, 0.29) is 17.0 Å². The van der Waals surface area contributed by atoms with E-state index in [9.17, 15) is 13.6 Å². The molecule has 1 N–H and O–H groups in total. The molecule has 116 valence electrons. The Bertz CT molecular complexity index is 540. The van der Waals surface area contributed by atoms with Gasteiger partial charge in [0.1, 0.15) is 0 Å². The molecule has 1 aromatic rings. The molecule has 1 aliphatic carbocycles. The summed E-state index contributed by atoms with van der Waals surface area (Å²) in [6.45, 7) is 0. The van der Waals surface area contributed by atoms with Gasteiger partial charge < -0.3 is 5.11 Å². The number of aliphatic carboxylic acids is 1. The van der Waals surface area contributed by atoms with Crippen LogP contribution in [0.1, 0.15) is 44.1 Å². The maximum Gasteiger partial charge on any atom is 0.303 e. The molecule has 0 aromatic heterocycles. The second kappa shape index (κ2) is 6.09. The minimum atomic E-state index is -3.17. The Labute approximate surface area is 132 Å². The lowest BCUT2D eigenvalue weighted by Gasteiger charge is -2.32. The highest BCUT2D eigenvalue weighted by Gasteiger charge is 2.46. The molecule has 0 heterocycles. The van der Waals surface area contributed by atoms with E-state index >= 15 is 0 Å². The van der Waals surface area contributed by atoms with E-state index in [1.807, 2.05) is 0 Å². The number of benzene rings is 1. The standard InChI is InChI=1S/C15H16Cl2F2O2/c16-10-3-4-11(12(17)7-10)15(18,19)9-14(8-13(20)21)5-1-2-6-14/h3-4,7H,1-2,5-6,8-9H2,(H,20,21). The molecule has 1 aliphatic rings. The molecule has 1 aromatic carbocycles. The molecule has 0 spiro atoms. The summed E-state index contributed by atoms with van der Waals surface area (Å²) in [4.78, 5) is 11.0. The van der Waals surface area contributed by atoms with Gasteiger partial charge in [0, 0.05) is 17.0 Å². The fourth-order valence-corrected chi connectivity index (χ4v) is 3.76. The van der Waals surface area contributed by atoms with Crippen molar-refractivity contribution in [1.29, 1.82) is 0 Å². The third-order valence-electron chi connectivity index (χ3n) is 4.11. The highest BCUT2D eigenvalue weighted by atomic mass is 35.5. The summed E-state index contributed by atoms with van der Waals surface area (Å²) in [5.74, 6) is -4.20. The average Bonchev–Trinajstić information content (AvgIpc) is 2.74. The zero-order chi connectivity index (χ0) is 15.7. The van der Waals surface area contributed by atoms with E-state index in [4.69, 9.17) is 28.3 Å². The molecule has 1 fully saturated rings. The topological polar surface area (TPSA) is 37.3 Å². The molecule has 21 heavy (non-hydrogen) atoms. The highest BCUT2D eigenvalue weighted by molar-refractivity contribution is 6.35. The molecule has 0 unspecified atom stereocenters. The van der Waals surface area contributed by atoms with Crippen LogP contribution in [0.25, 0.3) is 0 Å². The van der Waals surface area contributed by atoms with Crippen LogP contribution in [-0.2, 0) is 10.7 Å². The number of carbonyl (C=O) groups is 1. The number of halogens is 4. The molecular weight excluding hydrogens is 321 g/mol. The van der Waals surface area contributed by atoms with Crippen LogP contribution >= 0.6 is 23.2 Å². The fourth-order valence-electron chi connectivity index (χ4n) is 3.21. The van der Waals surface area contributed by atoms with Crippen molar-refractivity contribution in [3.8, 4) is 0 Å². The lowest BCUT2D eigenvalue weighted by Crippen LogP contribution is -2.29. The average molecular weight is 337 g/mol. The third-order valence-corrected chi connectivity index (χ3v) is 4.66. The van der Waals surface area contributed by atoms with Crippen molar-refractivity contribution >= 4 is 29.2 Å². The SMILES string of the molecule is O=C(O)CC1(CC(F)(F)c2ccc(Cl)cc2Cl)CCCC1. The lowest BCUT2D eigenvalue weighted by molar-refractivity contribution is -0.141. The molecule has 1 saturated carbocycles. The van der Waals surface area contributed by atoms with Crippen LogP contribution in [0, 0.1) is 5.41 Å². The Morgan fingerprint density at radius 2 is 1.90 bits per heavy atom. The number of carboxylic acids is 1. The van der Waals surface area contributed by atoms with Gasteiger partial charge in [-0.05, 0) is 30.4 Å². The molecule has 0 saturated heterocycles. The maximum atomic E-state index is 14.6. The van der Waals surface area contributed by atoms with Gasteiger partial charge in [-0.2, -0.15) is 0 Å². The largest absolute Gasteiger partial charge is 0.481 e. The van der Waals surface area contributed by atoms with Gasteiger partial charge >= 0.3 is 5.97 Å². The first-order valence-electron chi connectivity index (χ1n) is 6.79. The number of hydrogen-bond acceptors (Lipinski definition) is 1. The van der Waals surface area contributed by atoms with E-state index in [2.05, 4.69) is 0 Å². The van der Waals surface area contributed by atoms with Gasteiger partial charge in [-0.1, -0.05) is 42.1 Å².